The number of hydrogen-bond donors (Lipinski definition) is 2. The highest BCUT2D eigenvalue weighted by Crippen LogP contribution is 2.18. The average molecular weight is 230 g/mol. The minimum absolute atomic E-state index is 0.755. The second-order valence-corrected chi connectivity index (χ2v) is 4.07. The fraction of sp³-hybridized carbons (Fsp3) is 0.308. The van der Waals surface area contributed by atoms with Crippen molar-refractivity contribution in [1.82, 2.24) is 9.78 Å². The number of nitrogens with one attached hydrogen (secondary N) is 1. The summed E-state index contributed by atoms with van der Waals surface area (Å²) in [6, 6.07) is 7.79. The van der Waals surface area contributed by atoms with E-state index in [-0.39, 0.29) is 0 Å². The molecular formula is C13H18N4. The summed E-state index contributed by atoms with van der Waals surface area (Å²) in [7, 11) is 1.94. The SMILES string of the molecule is CCc1nn(C)cc1CNc1ccccc1N. The highest BCUT2D eigenvalue weighted by molar-refractivity contribution is 5.65. The fourth-order valence-electron chi connectivity index (χ4n) is 1.88. The summed E-state index contributed by atoms with van der Waals surface area (Å²) < 4.78 is 1.85. The van der Waals surface area contributed by atoms with Gasteiger partial charge in [0, 0.05) is 25.4 Å². The number of rotatable bonds is 4. The second kappa shape index (κ2) is 4.91. The summed E-state index contributed by atoms with van der Waals surface area (Å²) in [6.45, 7) is 2.87. The molecule has 0 aliphatic rings. The molecule has 0 bridgehead atoms. The minimum atomic E-state index is 0.755. The van der Waals surface area contributed by atoms with Gasteiger partial charge in [0.15, 0.2) is 0 Å². The van der Waals surface area contributed by atoms with E-state index in [4.69, 9.17) is 5.73 Å². The average Bonchev–Trinajstić information content (AvgIpc) is 2.69. The van der Waals surface area contributed by atoms with Gasteiger partial charge in [0.25, 0.3) is 0 Å². The third kappa shape index (κ3) is 2.58. The van der Waals surface area contributed by atoms with Crippen molar-refractivity contribution in [3.63, 3.8) is 0 Å². The standard InChI is InChI=1S/C13H18N4/c1-3-12-10(9-17(2)16-12)8-15-13-7-5-4-6-11(13)14/h4-7,9,15H,3,8,14H2,1-2H3. The molecule has 3 N–H and O–H groups in total. The van der Waals surface area contributed by atoms with Crippen LogP contribution in [-0.2, 0) is 20.0 Å². The fourth-order valence-corrected chi connectivity index (χ4v) is 1.88. The van der Waals surface area contributed by atoms with E-state index in [1.165, 1.54) is 5.56 Å². The number of para-hydroxylation sites is 2. The van der Waals surface area contributed by atoms with Crippen LogP contribution in [0.25, 0.3) is 0 Å². The number of nitrogens with zero attached hydrogens (tertiary/aromatic N) is 2. The minimum Gasteiger partial charge on any atom is -0.397 e. The van der Waals surface area contributed by atoms with E-state index in [1.807, 2.05) is 42.2 Å². The highest BCUT2D eigenvalue weighted by Gasteiger charge is 2.05. The predicted molar refractivity (Wildman–Crippen MR) is 70.8 cm³/mol. The number of nitrogens with two attached hydrogens (primary N) is 1. The van der Waals surface area contributed by atoms with Crippen molar-refractivity contribution in [2.45, 2.75) is 19.9 Å². The Morgan fingerprint density at radius 1 is 1.35 bits per heavy atom. The molecule has 1 heterocycles. The van der Waals surface area contributed by atoms with E-state index in [1.54, 1.807) is 0 Å². The first kappa shape index (κ1) is 11.5. The Labute approximate surface area is 101 Å². The third-order valence-corrected chi connectivity index (χ3v) is 2.76. The molecule has 0 radical (unpaired) electrons. The number of benzene rings is 1. The van der Waals surface area contributed by atoms with Crippen LogP contribution in [0.15, 0.2) is 30.5 Å². The number of aromatic nitrogens is 2. The monoisotopic (exact) mass is 230 g/mol. The lowest BCUT2D eigenvalue weighted by atomic mass is 10.2. The van der Waals surface area contributed by atoms with Crippen LogP contribution in [0.4, 0.5) is 11.4 Å². The first-order valence-corrected chi connectivity index (χ1v) is 5.80. The summed E-state index contributed by atoms with van der Waals surface area (Å²) in [5, 5.41) is 7.75. The van der Waals surface area contributed by atoms with Crippen molar-refractivity contribution in [2.75, 3.05) is 11.1 Å². The summed E-state index contributed by atoms with van der Waals surface area (Å²) in [6.07, 6.45) is 2.99. The Morgan fingerprint density at radius 2 is 2.12 bits per heavy atom. The quantitative estimate of drug-likeness (QED) is 0.791. The third-order valence-electron chi connectivity index (χ3n) is 2.76. The molecule has 0 amide bonds. The lowest BCUT2D eigenvalue weighted by molar-refractivity contribution is 0.746. The molecule has 0 spiro atoms. The van der Waals surface area contributed by atoms with Crippen LogP contribution in [0.5, 0.6) is 0 Å². The van der Waals surface area contributed by atoms with Crippen molar-refractivity contribution in [2.24, 2.45) is 7.05 Å². The molecule has 1 aromatic carbocycles. The zero-order valence-electron chi connectivity index (χ0n) is 10.3. The van der Waals surface area contributed by atoms with Crippen molar-refractivity contribution >= 4 is 11.4 Å². The van der Waals surface area contributed by atoms with Crippen LogP contribution < -0.4 is 11.1 Å². The van der Waals surface area contributed by atoms with Crippen LogP contribution in [0, 0.1) is 0 Å². The topological polar surface area (TPSA) is 55.9 Å². The summed E-state index contributed by atoms with van der Waals surface area (Å²) in [5.74, 6) is 0. The molecule has 4 heteroatoms. The molecule has 90 valence electrons. The van der Waals surface area contributed by atoms with Crippen LogP contribution in [-0.4, -0.2) is 9.78 Å². The summed E-state index contributed by atoms with van der Waals surface area (Å²) in [4.78, 5) is 0. The highest BCUT2D eigenvalue weighted by atomic mass is 15.3. The van der Waals surface area contributed by atoms with Crippen molar-refractivity contribution < 1.29 is 0 Å². The van der Waals surface area contributed by atoms with Crippen LogP contribution in [0.3, 0.4) is 0 Å². The molecule has 0 aliphatic heterocycles. The van der Waals surface area contributed by atoms with Crippen LogP contribution >= 0.6 is 0 Å². The molecule has 2 aromatic rings. The van der Waals surface area contributed by atoms with Gasteiger partial charge in [0.05, 0.1) is 17.1 Å². The Balaban J connectivity index is 2.09. The van der Waals surface area contributed by atoms with Crippen molar-refractivity contribution in [3.8, 4) is 0 Å². The van der Waals surface area contributed by atoms with E-state index in [2.05, 4.69) is 17.3 Å². The van der Waals surface area contributed by atoms with E-state index in [0.29, 0.717) is 0 Å². The zero-order chi connectivity index (χ0) is 12.3. The molecule has 0 aliphatic carbocycles. The van der Waals surface area contributed by atoms with E-state index in [0.717, 1.165) is 30.0 Å². The van der Waals surface area contributed by atoms with Crippen molar-refractivity contribution in [3.05, 3.63) is 41.7 Å². The lowest BCUT2D eigenvalue weighted by Crippen LogP contribution is -2.03. The molecule has 2 rings (SSSR count). The van der Waals surface area contributed by atoms with Gasteiger partial charge < -0.3 is 11.1 Å². The molecule has 17 heavy (non-hydrogen) atoms. The number of hydrogen-bond acceptors (Lipinski definition) is 3. The predicted octanol–water partition coefficient (Wildman–Crippen LogP) is 2.18. The molecule has 0 atom stereocenters. The molecular weight excluding hydrogens is 212 g/mol. The van der Waals surface area contributed by atoms with Gasteiger partial charge in [0.2, 0.25) is 0 Å². The Bertz CT molecular complexity index is 502. The van der Waals surface area contributed by atoms with E-state index < -0.39 is 0 Å². The summed E-state index contributed by atoms with van der Waals surface area (Å²) >= 11 is 0. The maximum absolute atomic E-state index is 5.88. The normalized spacial score (nSPS) is 10.5. The summed E-state index contributed by atoms with van der Waals surface area (Å²) in [5.41, 5.74) is 9.97. The Morgan fingerprint density at radius 3 is 2.82 bits per heavy atom. The number of nitrogen functional groups attached to an aromatic ring is 1. The molecule has 0 fully saturated rings. The number of aryl methyl sites for hydroxylation is 2. The van der Waals surface area contributed by atoms with E-state index >= 15 is 0 Å². The maximum atomic E-state index is 5.88. The largest absolute Gasteiger partial charge is 0.397 e. The van der Waals surface area contributed by atoms with E-state index in [9.17, 15) is 0 Å². The molecule has 0 unspecified atom stereocenters. The van der Waals surface area contributed by atoms with Crippen LogP contribution in [0.1, 0.15) is 18.2 Å². The first-order valence-electron chi connectivity index (χ1n) is 5.80. The van der Waals surface area contributed by atoms with Crippen molar-refractivity contribution in [1.29, 1.82) is 0 Å². The molecule has 1 aromatic heterocycles. The second-order valence-electron chi connectivity index (χ2n) is 4.07. The zero-order valence-corrected chi connectivity index (χ0v) is 10.3. The van der Waals surface area contributed by atoms with Crippen LogP contribution in [0.2, 0.25) is 0 Å². The molecule has 4 nitrogen and oxygen atoms in total. The van der Waals surface area contributed by atoms with Gasteiger partial charge in [-0.15, -0.1) is 0 Å². The molecule has 0 saturated heterocycles. The number of anilines is 2. The van der Waals surface area contributed by atoms with Gasteiger partial charge >= 0.3 is 0 Å². The van der Waals surface area contributed by atoms with Gasteiger partial charge in [-0.2, -0.15) is 5.10 Å². The Kier molecular flexibility index (Phi) is 3.32. The van der Waals surface area contributed by atoms with Gasteiger partial charge in [-0.25, -0.2) is 0 Å². The molecule has 0 saturated carbocycles. The van der Waals surface area contributed by atoms with Gasteiger partial charge in [-0.05, 0) is 18.6 Å². The Hall–Kier alpha value is -1.97. The smallest absolute Gasteiger partial charge is 0.0671 e. The maximum Gasteiger partial charge on any atom is 0.0671 e. The van der Waals surface area contributed by atoms with Gasteiger partial charge in [0.1, 0.15) is 0 Å². The lowest BCUT2D eigenvalue weighted by Gasteiger charge is -2.08. The van der Waals surface area contributed by atoms with Gasteiger partial charge in [-0.3, -0.25) is 4.68 Å². The van der Waals surface area contributed by atoms with Gasteiger partial charge in [-0.1, -0.05) is 19.1 Å². The first-order chi connectivity index (χ1) is 8.20.